The van der Waals surface area contributed by atoms with Gasteiger partial charge in [0.05, 0.1) is 17.6 Å². The molecule has 0 unspecified atom stereocenters. The summed E-state index contributed by atoms with van der Waals surface area (Å²) in [5.41, 5.74) is 3.43. The van der Waals surface area contributed by atoms with Crippen LogP contribution < -0.4 is 10.9 Å². The van der Waals surface area contributed by atoms with Crippen LogP contribution in [0.2, 0.25) is 0 Å². The molecule has 1 N–H and O–H groups in total. The Morgan fingerprint density at radius 3 is 2.87 bits per heavy atom. The Bertz CT molecular complexity index is 1280. The number of nitrogens with one attached hydrogen (secondary N) is 1. The zero-order valence-corrected chi connectivity index (χ0v) is 17.5. The number of hydrogen-bond acceptors (Lipinski definition) is 6. The van der Waals surface area contributed by atoms with Gasteiger partial charge in [-0.15, -0.1) is 0 Å². The van der Waals surface area contributed by atoms with E-state index in [4.69, 9.17) is 14.1 Å². The van der Waals surface area contributed by atoms with Crippen molar-refractivity contribution in [2.75, 3.05) is 19.0 Å². The van der Waals surface area contributed by atoms with Crippen LogP contribution >= 0.6 is 11.8 Å². The molecule has 0 aliphatic heterocycles. The van der Waals surface area contributed by atoms with Crippen LogP contribution in [-0.4, -0.2) is 29.2 Å². The quantitative estimate of drug-likeness (QED) is 0.357. The number of aromatic nitrogens is 2. The summed E-state index contributed by atoms with van der Waals surface area (Å²) in [7, 11) is 1.68. The number of rotatable bonds is 7. The van der Waals surface area contributed by atoms with Crippen LogP contribution in [0.25, 0.3) is 22.0 Å². The van der Waals surface area contributed by atoms with Gasteiger partial charge in [-0.1, -0.05) is 23.9 Å². The molecule has 1 amide bonds. The van der Waals surface area contributed by atoms with Crippen LogP contribution in [0.1, 0.15) is 12.5 Å². The van der Waals surface area contributed by atoms with Crippen LogP contribution in [0.3, 0.4) is 0 Å². The second-order valence-corrected chi connectivity index (χ2v) is 7.74. The summed E-state index contributed by atoms with van der Waals surface area (Å²) < 4.78 is 12.7. The van der Waals surface area contributed by atoms with Crippen molar-refractivity contribution in [2.45, 2.75) is 24.4 Å². The number of methoxy groups -OCH3 is 1. The van der Waals surface area contributed by atoms with Gasteiger partial charge in [-0.2, -0.15) is 0 Å². The van der Waals surface area contributed by atoms with Crippen LogP contribution in [-0.2, 0) is 21.8 Å². The Morgan fingerprint density at radius 2 is 2.07 bits per heavy atom. The maximum atomic E-state index is 12.1. The molecule has 0 saturated heterocycles. The number of imidazole rings is 1. The number of amides is 1. The third-order valence-electron chi connectivity index (χ3n) is 4.65. The van der Waals surface area contributed by atoms with E-state index in [0.29, 0.717) is 30.2 Å². The molecule has 0 saturated carbocycles. The molecular weight excluding hydrogens is 402 g/mol. The van der Waals surface area contributed by atoms with E-state index in [1.54, 1.807) is 31.0 Å². The van der Waals surface area contributed by atoms with E-state index >= 15 is 0 Å². The molecule has 4 rings (SSSR count). The predicted molar refractivity (Wildman–Crippen MR) is 118 cm³/mol. The van der Waals surface area contributed by atoms with Crippen molar-refractivity contribution >= 4 is 45.4 Å². The summed E-state index contributed by atoms with van der Waals surface area (Å²) in [6.07, 6.45) is 0. The lowest BCUT2D eigenvalue weighted by Crippen LogP contribution is -2.07. The summed E-state index contributed by atoms with van der Waals surface area (Å²) in [4.78, 5) is 28.1. The largest absolute Gasteiger partial charge is 0.423 e. The molecule has 7 nitrogen and oxygen atoms in total. The zero-order chi connectivity index (χ0) is 21.1. The lowest BCUT2D eigenvalue weighted by molar-refractivity contribution is -0.114. The van der Waals surface area contributed by atoms with Gasteiger partial charge in [0, 0.05) is 49.5 Å². The molecule has 4 aromatic rings. The monoisotopic (exact) mass is 423 g/mol. The smallest absolute Gasteiger partial charge is 0.336 e. The van der Waals surface area contributed by atoms with E-state index in [1.807, 2.05) is 30.3 Å². The van der Waals surface area contributed by atoms with Crippen molar-refractivity contribution < 1.29 is 13.9 Å². The number of carbonyl (C=O) groups excluding carboxylic acids is 1. The summed E-state index contributed by atoms with van der Waals surface area (Å²) in [5, 5.41) is 4.40. The highest BCUT2D eigenvalue weighted by Crippen LogP contribution is 2.30. The van der Waals surface area contributed by atoms with Crippen molar-refractivity contribution in [1.29, 1.82) is 0 Å². The highest BCUT2D eigenvalue weighted by Gasteiger charge is 2.13. The van der Waals surface area contributed by atoms with Gasteiger partial charge in [-0.05, 0) is 29.8 Å². The molecule has 0 aliphatic carbocycles. The Labute approximate surface area is 177 Å². The molecule has 2 aromatic heterocycles. The first kappa shape index (κ1) is 20.2. The Hall–Kier alpha value is -3.10. The van der Waals surface area contributed by atoms with Gasteiger partial charge in [-0.3, -0.25) is 4.79 Å². The highest BCUT2D eigenvalue weighted by atomic mass is 32.2. The molecule has 0 atom stereocenters. The fourth-order valence-corrected chi connectivity index (χ4v) is 4.37. The zero-order valence-electron chi connectivity index (χ0n) is 16.7. The van der Waals surface area contributed by atoms with Crippen molar-refractivity contribution in [2.24, 2.45) is 0 Å². The summed E-state index contributed by atoms with van der Waals surface area (Å²) in [5.74, 6) is 0.371. The van der Waals surface area contributed by atoms with E-state index in [2.05, 4.69) is 9.88 Å². The SMILES string of the molecule is COCCn1c(SCc2cc(=O)oc3cc(NC(C)=O)ccc23)nc2ccccc21. The first-order chi connectivity index (χ1) is 14.5. The van der Waals surface area contributed by atoms with E-state index in [0.717, 1.165) is 27.1 Å². The summed E-state index contributed by atoms with van der Waals surface area (Å²) in [6, 6.07) is 14.8. The maximum Gasteiger partial charge on any atom is 0.336 e. The molecule has 0 radical (unpaired) electrons. The number of fused-ring (bicyclic) bond motifs is 2. The number of carbonyl (C=O) groups is 1. The van der Waals surface area contributed by atoms with Crippen molar-refractivity contribution in [3.05, 3.63) is 64.5 Å². The number of ether oxygens (including phenoxy) is 1. The van der Waals surface area contributed by atoms with Gasteiger partial charge in [-0.25, -0.2) is 9.78 Å². The number of hydrogen-bond donors (Lipinski definition) is 1. The molecule has 0 aliphatic rings. The fourth-order valence-electron chi connectivity index (χ4n) is 3.33. The third-order valence-corrected chi connectivity index (χ3v) is 5.67. The summed E-state index contributed by atoms with van der Waals surface area (Å²) >= 11 is 1.56. The number of benzene rings is 2. The number of nitrogens with zero attached hydrogens (tertiary/aromatic N) is 2. The van der Waals surface area contributed by atoms with Gasteiger partial charge in [0.15, 0.2) is 5.16 Å². The van der Waals surface area contributed by atoms with Crippen LogP contribution in [0.4, 0.5) is 5.69 Å². The van der Waals surface area contributed by atoms with Crippen LogP contribution in [0.5, 0.6) is 0 Å². The third kappa shape index (κ3) is 4.24. The molecule has 8 heteroatoms. The second kappa shape index (κ2) is 8.73. The van der Waals surface area contributed by atoms with Crippen molar-refractivity contribution in [3.63, 3.8) is 0 Å². The number of para-hydroxylation sites is 2. The molecule has 154 valence electrons. The molecular formula is C22H21N3O4S. The molecule has 30 heavy (non-hydrogen) atoms. The van der Waals surface area contributed by atoms with E-state index < -0.39 is 5.63 Å². The van der Waals surface area contributed by atoms with Crippen LogP contribution in [0, 0.1) is 0 Å². The number of thioether (sulfide) groups is 1. The van der Waals surface area contributed by atoms with Crippen molar-refractivity contribution in [3.8, 4) is 0 Å². The maximum absolute atomic E-state index is 12.1. The number of anilines is 1. The van der Waals surface area contributed by atoms with Crippen molar-refractivity contribution in [1.82, 2.24) is 9.55 Å². The van der Waals surface area contributed by atoms with Gasteiger partial charge in [0.1, 0.15) is 5.58 Å². The lowest BCUT2D eigenvalue weighted by atomic mass is 10.1. The Morgan fingerprint density at radius 1 is 1.23 bits per heavy atom. The van der Waals surface area contributed by atoms with E-state index in [-0.39, 0.29) is 5.91 Å². The lowest BCUT2D eigenvalue weighted by Gasteiger charge is -2.10. The van der Waals surface area contributed by atoms with Gasteiger partial charge >= 0.3 is 5.63 Å². The second-order valence-electron chi connectivity index (χ2n) is 6.80. The summed E-state index contributed by atoms with van der Waals surface area (Å²) in [6.45, 7) is 2.71. The van der Waals surface area contributed by atoms with E-state index in [9.17, 15) is 9.59 Å². The molecule has 0 spiro atoms. The minimum absolute atomic E-state index is 0.182. The molecule has 2 heterocycles. The standard InChI is InChI=1S/C22H21N3O4S/c1-14(26)23-16-7-8-17-15(11-21(27)29-20(17)12-16)13-30-22-24-18-5-3-4-6-19(18)25(22)9-10-28-2/h3-8,11-12H,9-10,13H2,1-2H3,(H,23,26). The van der Waals surface area contributed by atoms with E-state index in [1.165, 1.54) is 13.0 Å². The minimum Gasteiger partial charge on any atom is -0.423 e. The van der Waals surface area contributed by atoms with Gasteiger partial charge in [0.25, 0.3) is 0 Å². The molecule has 0 bridgehead atoms. The predicted octanol–water partition coefficient (Wildman–Crippen LogP) is 4.04. The molecule has 0 fully saturated rings. The Balaban J connectivity index is 1.66. The average molecular weight is 423 g/mol. The van der Waals surface area contributed by atoms with Gasteiger partial charge in [0.2, 0.25) is 5.91 Å². The molecule has 2 aromatic carbocycles. The minimum atomic E-state index is -0.425. The highest BCUT2D eigenvalue weighted by molar-refractivity contribution is 7.98. The topological polar surface area (TPSA) is 86.4 Å². The van der Waals surface area contributed by atoms with Gasteiger partial charge < -0.3 is 19.0 Å². The van der Waals surface area contributed by atoms with Crippen LogP contribution in [0.15, 0.2) is 62.9 Å². The first-order valence-electron chi connectivity index (χ1n) is 9.46. The fraction of sp³-hybridized carbons (Fsp3) is 0.227. The first-order valence-corrected chi connectivity index (χ1v) is 10.4. The Kier molecular flexibility index (Phi) is 5.87. The normalized spacial score (nSPS) is 11.3. The average Bonchev–Trinajstić information content (AvgIpc) is 3.07.